The maximum absolute atomic E-state index is 13.0. The van der Waals surface area contributed by atoms with E-state index < -0.39 is 17.5 Å². The molecule has 0 aliphatic heterocycles. The molecule has 140 valence electrons. The SMILES string of the molecule is CCOC(=O)C1(SP(=O)(OCC)OCC)CC(C)(C)CC(C)C1=O. The summed E-state index contributed by atoms with van der Waals surface area (Å²) in [4.78, 5) is 25.7. The van der Waals surface area contributed by atoms with Gasteiger partial charge in [-0.3, -0.25) is 9.59 Å². The minimum atomic E-state index is -3.66. The monoisotopic (exact) mass is 380 g/mol. The zero-order chi connectivity index (χ0) is 18.6. The van der Waals surface area contributed by atoms with E-state index >= 15 is 0 Å². The third-order valence-electron chi connectivity index (χ3n) is 3.88. The molecule has 2 unspecified atom stereocenters. The second-order valence-corrected chi connectivity index (χ2v) is 10.9. The highest BCUT2D eigenvalue weighted by molar-refractivity contribution is 8.56. The lowest BCUT2D eigenvalue weighted by molar-refractivity contribution is -0.153. The van der Waals surface area contributed by atoms with E-state index in [2.05, 4.69) is 0 Å². The quantitative estimate of drug-likeness (QED) is 0.354. The second kappa shape index (κ2) is 8.35. The maximum Gasteiger partial charge on any atom is 0.390 e. The predicted molar refractivity (Wildman–Crippen MR) is 95.0 cm³/mol. The van der Waals surface area contributed by atoms with E-state index in [1.807, 2.05) is 13.8 Å². The lowest BCUT2D eigenvalue weighted by atomic mass is 9.67. The first-order valence-corrected chi connectivity index (χ1v) is 11.3. The zero-order valence-corrected chi connectivity index (χ0v) is 17.1. The number of rotatable bonds is 8. The van der Waals surface area contributed by atoms with Crippen LogP contribution in [0.3, 0.4) is 0 Å². The van der Waals surface area contributed by atoms with Gasteiger partial charge in [0, 0.05) is 5.92 Å². The van der Waals surface area contributed by atoms with Crippen LogP contribution in [-0.4, -0.2) is 36.3 Å². The van der Waals surface area contributed by atoms with Crippen molar-refractivity contribution in [3.05, 3.63) is 0 Å². The van der Waals surface area contributed by atoms with E-state index in [1.54, 1.807) is 27.7 Å². The molecule has 0 saturated heterocycles. The summed E-state index contributed by atoms with van der Waals surface area (Å²) in [5, 5.41) is 0. The fourth-order valence-electron chi connectivity index (χ4n) is 3.28. The topological polar surface area (TPSA) is 78.9 Å². The molecule has 1 aliphatic carbocycles. The number of ether oxygens (including phenoxy) is 1. The molecule has 1 rings (SSSR count). The van der Waals surface area contributed by atoms with E-state index in [-0.39, 0.29) is 43.4 Å². The smallest absolute Gasteiger partial charge is 0.390 e. The molecule has 1 fully saturated rings. The van der Waals surface area contributed by atoms with Gasteiger partial charge in [-0.25, -0.2) is 4.57 Å². The third-order valence-corrected chi connectivity index (χ3v) is 8.31. The highest BCUT2D eigenvalue weighted by Gasteiger charge is 2.59. The molecular formula is C16H29O6PS. The Kier molecular flexibility index (Phi) is 7.54. The average Bonchev–Trinajstić information content (AvgIpc) is 2.44. The van der Waals surface area contributed by atoms with Crippen molar-refractivity contribution in [2.45, 2.75) is 59.1 Å². The van der Waals surface area contributed by atoms with Gasteiger partial charge in [0.2, 0.25) is 0 Å². The third kappa shape index (κ3) is 4.84. The van der Waals surface area contributed by atoms with E-state index in [9.17, 15) is 14.2 Å². The molecule has 0 heterocycles. The van der Waals surface area contributed by atoms with Gasteiger partial charge in [0.25, 0.3) is 0 Å². The van der Waals surface area contributed by atoms with Crippen molar-refractivity contribution in [1.82, 2.24) is 0 Å². The molecule has 8 heteroatoms. The number of esters is 1. The Balaban J connectivity index is 3.35. The van der Waals surface area contributed by atoms with Gasteiger partial charge in [0.1, 0.15) is 0 Å². The Morgan fingerprint density at radius 3 is 2.21 bits per heavy atom. The first-order valence-electron chi connectivity index (χ1n) is 8.37. The molecule has 0 aromatic carbocycles. The molecule has 0 bridgehead atoms. The van der Waals surface area contributed by atoms with E-state index in [1.165, 1.54) is 0 Å². The summed E-state index contributed by atoms with van der Waals surface area (Å²) in [5.41, 5.74) is -0.268. The predicted octanol–water partition coefficient (Wildman–Crippen LogP) is 4.23. The van der Waals surface area contributed by atoms with Crippen molar-refractivity contribution >= 4 is 29.9 Å². The Bertz CT molecular complexity index is 511. The summed E-state index contributed by atoms with van der Waals surface area (Å²) in [7, 11) is 0. The first kappa shape index (κ1) is 21.7. The highest BCUT2D eigenvalue weighted by Crippen LogP contribution is 2.68. The fraction of sp³-hybridized carbons (Fsp3) is 0.875. The molecule has 1 aliphatic rings. The van der Waals surface area contributed by atoms with Crippen LogP contribution in [0.1, 0.15) is 54.4 Å². The second-order valence-electron chi connectivity index (χ2n) is 6.73. The normalized spacial score (nSPS) is 27.1. The molecule has 1 saturated carbocycles. The lowest BCUT2D eigenvalue weighted by Gasteiger charge is -2.44. The molecule has 24 heavy (non-hydrogen) atoms. The summed E-state index contributed by atoms with van der Waals surface area (Å²) in [6.07, 6.45) is 0.915. The Labute approximate surface area is 148 Å². The van der Waals surface area contributed by atoms with Crippen molar-refractivity contribution in [3.63, 3.8) is 0 Å². The van der Waals surface area contributed by atoms with Crippen LogP contribution in [0.2, 0.25) is 0 Å². The summed E-state index contributed by atoms with van der Waals surface area (Å²) in [6, 6.07) is 0. The van der Waals surface area contributed by atoms with Crippen LogP contribution in [0.15, 0.2) is 0 Å². The number of Topliss-reactive ketones (excluding diaryl/α,β-unsaturated/α-hetero) is 1. The van der Waals surface area contributed by atoms with Crippen molar-refractivity contribution in [1.29, 1.82) is 0 Å². The first-order chi connectivity index (χ1) is 11.1. The van der Waals surface area contributed by atoms with Crippen LogP contribution in [0.4, 0.5) is 0 Å². The van der Waals surface area contributed by atoms with Gasteiger partial charge in [-0.05, 0) is 50.4 Å². The number of carbonyl (C=O) groups is 2. The van der Waals surface area contributed by atoms with E-state index in [0.717, 1.165) is 0 Å². The number of hydrogen-bond acceptors (Lipinski definition) is 7. The molecule has 0 amide bonds. The highest BCUT2D eigenvalue weighted by atomic mass is 32.7. The van der Waals surface area contributed by atoms with Gasteiger partial charge in [0.05, 0.1) is 19.8 Å². The van der Waals surface area contributed by atoms with Gasteiger partial charge >= 0.3 is 12.8 Å². The summed E-state index contributed by atoms with van der Waals surface area (Å²) < 4.78 is 27.3. The van der Waals surface area contributed by atoms with Gasteiger partial charge in [-0.2, -0.15) is 0 Å². The summed E-state index contributed by atoms with van der Waals surface area (Å²) in [5.74, 6) is -1.24. The van der Waals surface area contributed by atoms with Gasteiger partial charge in [-0.1, -0.05) is 20.8 Å². The molecular weight excluding hydrogens is 351 g/mol. The molecule has 0 spiro atoms. The van der Waals surface area contributed by atoms with Crippen molar-refractivity contribution in [2.75, 3.05) is 19.8 Å². The van der Waals surface area contributed by atoms with E-state index in [4.69, 9.17) is 13.8 Å². The number of carbonyl (C=O) groups excluding carboxylic acids is 2. The van der Waals surface area contributed by atoms with Gasteiger partial charge < -0.3 is 13.8 Å². The molecule has 2 atom stereocenters. The molecule has 6 nitrogen and oxygen atoms in total. The Morgan fingerprint density at radius 2 is 1.75 bits per heavy atom. The van der Waals surface area contributed by atoms with Gasteiger partial charge in [-0.15, -0.1) is 0 Å². The van der Waals surface area contributed by atoms with Crippen molar-refractivity contribution in [2.24, 2.45) is 11.3 Å². The van der Waals surface area contributed by atoms with Crippen molar-refractivity contribution in [3.8, 4) is 0 Å². The van der Waals surface area contributed by atoms with Crippen LogP contribution < -0.4 is 0 Å². The maximum atomic E-state index is 13.0. The number of hydrogen-bond donors (Lipinski definition) is 0. The molecule has 0 radical (unpaired) electrons. The lowest BCUT2D eigenvalue weighted by Crippen LogP contribution is -2.54. The summed E-state index contributed by atoms with van der Waals surface area (Å²) >= 11 is 0.714. The molecule has 0 aromatic rings. The van der Waals surface area contributed by atoms with Crippen LogP contribution in [0.5, 0.6) is 0 Å². The van der Waals surface area contributed by atoms with Crippen LogP contribution in [0, 0.1) is 11.3 Å². The van der Waals surface area contributed by atoms with E-state index in [0.29, 0.717) is 17.8 Å². The standard InChI is InChI=1S/C16H29O6PS/c1-7-20-14(18)16(24-23(19,21-8-2)22-9-3)11-15(5,6)10-12(4)13(16)17/h12H,7-11H2,1-6H3. The van der Waals surface area contributed by atoms with Crippen LogP contribution in [-0.2, 0) is 27.9 Å². The van der Waals surface area contributed by atoms with Crippen LogP contribution >= 0.6 is 18.2 Å². The fourth-order valence-corrected chi connectivity index (χ4v) is 8.14. The Morgan fingerprint density at radius 1 is 1.21 bits per heavy atom. The number of ketones is 1. The van der Waals surface area contributed by atoms with Gasteiger partial charge in [0.15, 0.2) is 10.5 Å². The molecule has 0 aromatic heterocycles. The summed E-state index contributed by atoms with van der Waals surface area (Å²) in [6.45, 7) is 7.68. The minimum absolute atomic E-state index is 0.150. The zero-order valence-electron chi connectivity index (χ0n) is 15.4. The average molecular weight is 380 g/mol. The molecule has 0 N–H and O–H groups in total. The largest absolute Gasteiger partial charge is 0.465 e. The Hall–Kier alpha value is -0.360. The minimum Gasteiger partial charge on any atom is -0.465 e. The van der Waals surface area contributed by atoms with Crippen molar-refractivity contribution < 1.29 is 27.9 Å². The van der Waals surface area contributed by atoms with Crippen LogP contribution in [0.25, 0.3) is 0 Å².